The number of para-hydroxylation sites is 1. The Labute approximate surface area is 185 Å². The van der Waals surface area contributed by atoms with Gasteiger partial charge in [-0.05, 0) is 44.0 Å². The molecular formula is C22H22FN3O5S. The summed E-state index contributed by atoms with van der Waals surface area (Å²) in [7, 11) is -3.76. The van der Waals surface area contributed by atoms with Crippen molar-refractivity contribution in [2.75, 3.05) is 18.4 Å². The summed E-state index contributed by atoms with van der Waals surface area (Å²) in [6.07, 6.45) is 0.0533. The molecule has 1 fully saturated rings. The van der Waals surface area contributed by atoms with E-state index in [4.69, 9.17) is 4.74 Å². The number of halogens is 1. The lowest BCUT2D eigenvalue weighted by molar-refractivity contribution is -0.158. The fraction of sp³-hybridized carbons (Fsp3) is 0.318. The maximum atomic E-state index is 13.7. The SMILES string of the molecule is C[C@H](OC(=O)[C@H]1CCCN(C2=NS(=O)(=O)c3ccccc32)C1)C(=O)Nc1ccccc1F. The Kier molecular flexibility index (Phi) is 5.96. The van der Waals surface area contributed by atoms with Gasteiger partial charge < -0.3 is 15.0 Å². The third kappa shape index (κ3) is 4.36. The van der Waals surface area contributed by atoms with E-state index in [-0.39, 0.29) is 17.1 Å². The van der Waals surface area contributed by atoms with Crippen LogP contribution in [0.4, 0.5) is 10.1 Å². The van der Waals surface area contributed by atoms with Gasteiger partial charge in [0.1, 0.15) is 10.7 Å². The highest BCUT2D eigenvalue weighted by Crippen LogP contribution is 2.30. The van der Waals surface area contributed by atoms with Crippen molar-refractivity contribution in [1.29, 1.82) is 0 Å². The Hall–Kier alpha value is -3.27. The van der Waals surface area contributed by atoms with Crippen LogP contribution in [0.15, 0.2) is 57.8 Å². The topological polar surface area (TPSA) is 105 Å². The molecule has 0 spiro atoms. The second-order valence-electron chi connectivity index (χ2n) is 7.72. The van der Waals surface area contributed by atoms with Gasteiger partial charge in [-0.1, -0.05) is 24.3 Å². The zero-order chi connectivity index (χ0) is 22.9. The minimum Gasteiger partial charge on any atom is -0.452 e. The first kappa shape index (κ1) is 21.9. The van der Waals surface area contributed by atoms with Gasteiger partial charge in [-0.15, -0.1) is 4.40 Å². The molecule has 1 amide bonds. The monoisotopic (exact) mass is 459 g/mol. The van der Waals surface area contributed by atoms with Crippen molar-refractivity contribution in [1.82, 2.24) is 4.90 Å². The summed E-state index contributed by atoms with van der Waals surface area (Å²) in [5, 5.41) is 2.40. The van der Waals surface area contributed by atoms with Crippen molar-refractivity contribution < 1.29 is 27.1 Å². The summed E-state index contributed by atoms with van der Waals surface area (Å²) in [5.74, 6) is -2.03. The number of rotatable bonds is 4. The van der Waals surface area contributed by atoms with Crippen molar-refractivity contribution >= 4 is 33.4 Å². The van der Waals surface area contributed by atoms with Gasteiger partial charge in [0.05, 0.1) is 11.6 Å². The molecule has 0 radical (unpaired) electrons. The van der Waals surface area contributed by atoms with E-state index in [0.717, 1.165) is 0 Å². The van der Waals surface area contributed by atoms with Gasteiger partial charge in [-0.3, -0.25) is 9.59 Å². The third-order valence-corrected chi connectivity index (χ3v) is 6.79. The number of nitrogens with one attached hydrogen (secondary N) is 1. The molecule has 168 valence electrons. The molecule has 32 heavy (non-hydrogen) atoms. The van der Waals surface area contributed by atoms with E-state index in [0.29, 0.717) is 30.8 Å². The molecule has 1 saturated heterocycles. The number of carbonyl (C=O) groups excluding carboxylic acids is 2. The third-order valence-electron chi connectivity index (χ3n) is 5.46. The number of benzene rings is 2. The molecule has 2 aromatic carbocycles. The summed E-state index contributed by atoms with van der Waals surface area (Å²) in [6.45, 7) is 2.19. The van der Waals surface area contributed by atoms with Crippen molar-refractivity contribution in [3.63, 3.8) is 0 Å². The highest BCUT2D eigenvalue weighted by atomic mass is 32.2. The highest BCUT2D eigenvalue weighted by Gasteiger charge is 2.36. The summed E-state index contributed by atoms with van der Waals surface area (Å²) in [6, 6.07) is 12.3. The number of piperidine rings is 1. The summed E-state index contributed by atoms with van der Waals surface area (Å²) >= 11 is 0. The molecular weight excluding hydrogens is 437 g/mol. The smallest absolute Gasteiger partial charge is 0.311 e. The van der Waals surface area contributed by atoms with E-state index in [1.54, 1.807) is 29.2 Å². The van der Waals surface area contributed by atoms with E-state index < -0.39 is 39.7 Å². The summed E-state index contributed by atoms with van der Waals surface area (Å²) in [5.41, 5.74) is 0.516. The number of likely N-dealkylation sites (tertiary alicyclic amines) is 1. The number of carbonyl (C=O) groups is 2. The first-order valence-corrected chi connectivity index (χ1v) is 11.7. The molecule has 2 aliphatic rings. The highest BCUT2D eigenvalue weighted by molar-refractivity contribution is 7.90. The van der Waals surface area contributed by atoms with E-state index in [1.807, 2.05) is 0 Å². The number of amides is 1. The summed E-state index contributed by atoms with van der Waals surface area (Å²) < 4.78 is 47.7. The maximum absolute atomic E-state index is 13.7. The van der Waals surface area contributed by atoms with E-state index in [1.165, 1.54) is 31.2 Å². The van der Waals surface area contributed by atoms with Crippen molar-refractivity contribution in [2.45, 2.75) is 30.8 Å². The van der Waals surface area contributed by atoms with Crippen LogP contribution in [-0.4, -0.2) is 50.2 Å². The maximum Gasteiger partial charge on any atom is 0.311 e. The number of sulfonamides is 1. The molecule has 0 aromatic heterocycles. The Morgan fingerprint density at radius 1 is 1.19 bits per heavy atom. The van der Waals surface area contributed by atoms with Gasteiger partial charge in [0, 0.05) is 18.7 Å². The predicted molar refractivity (Wildman–Crippen MR) is 115 cm³/mol. The van der Waals surface area contributed by atoms with Crippen LogP contribution in [0.5, 0.6) is 0 Å². The van der Waals surface area contributed by atoms with Crippen LogP contribution in [0.2, 0.25) is 0 Å². The van der Waals surface area contributed by atoms with Crippen LogP contribution in [0.3, 0.4) is 0 Å². The number of hydrogen-bond acceptors (Lipinski definition) is 6. The quantitative estimate of drug-likeness (QED) is 0.705. The number of anilines is 1. The zero-order valence-corrected chi connectivity index (χ0v) is 18.1. The largest absolute Gasteiger partial charge is 0.452 e. The van der Waals surface area contributed by atoms with Crippen molar-refractivity contribution in [3.8, 4) is 0 Å². The Morgan fingerprint density at radius 3 is 2.69 bits per heavy atom. The predicted octanol–water partition coefficient (Wildman–Crippen LogP) is 2.56. The first-order chi connectivity index (χ1) is 15.3. The lowest BCUT2D eigenvalue weighted by atomic mass is 9.97. The minimum atomic E-state index is -3.76. The van der Waals surface area contributed by atoms with E-state index in [9.17, 15) is 22.4 Å². The molecule has 0 bridgehead atoms. The lowest BCUT2D eigenvalue weighted by Gasteiger charge is -2.33. The number of nitrogens with zero attached hydrogens (tertiary/aromatic N) is 2. The number of hydrogen-bond donors (Lipinski definition) is 1. The zero-order valence-electron chi connectivity index (χ0n) is 17.3. The van der Waals surface area contributed by atoms with Crippen LogP contribution in [0.1, 0.15) is 25.3 Å². The van der Waals surface area contributed by atoms with E-state index >= 15 is 0 Å². The second-order valence-corrected chi connectivity index (χ2v) is 9.29. The minimum absolute atomic E-state index is 0.00311. The Morgan fingerprint density at radius 2 is 1.91 bits per heavy atom. The molecule has 2 atom stereocenters. The molecule has 2 aromatic rings. The first-order valence-electron chi connectivity index (χ1n) is 10.2. The molecule has 4 rings (SSSR count). The molecule has 1 N–H and O–H groups in total. The normalized spacial score (nSPS) is 20.1. The fourth-order valence-electron chi connectivity index (χ4n) is 3.80. The number of ether oxygens (including phenoxy) is 1. The van der Waals surface area contributed by atoms with Gasteiger partial charge >= 0.3 is 5.97 Å². The standard InChI is InChI=1S/C22H22FN3O5S/c1-14(21(27)24-18-10-4-3-9-17(18)23)31-22(28)15-7-6-12-26(13-15)20-16-8-2-5-11-19(16)32(29,30)25-20/h2-5,8-11,14-15H,6-7,12-13H2,1H3,(H,24,27)/t14-,15-/m0/s1. The molecule has 0 aliphatic carbocycles. The number of esters is 1. The number of amidine groups is 1. The van der Waals surface area contributed by atoms with Gasteiger partial charge in [0.2, 0.25) is 0 Å². The van der Waals surface area contributed by atoms with Gasteiger partial charge in [-0.25, -0.2) is 4.39 Å². The lowest BCUT2D eigenvalue weighted by Crippen LogP contribution is -2.44. The average Bonchev–Trinajstić information content (AvgIpc) is 3.06. The molecule has 0 saturated carbocycles. The van der Waals surface area contributed by atoms with Crippen LogP contribution >= 0.6 is 0 Å². The Bertz CT molecular complexity index is 1200. The van der Waals surface area contributed by atoms with Crippen LogP contribution < -0.4 is 5.32 Å². The van der Waals surface area contributed by atoms with E-state index in [2.05, 4.69) is 9.71 Å². The summed E-state index contributed by atoms with van der Waals surface area (Å²) in [4.78, 5) is 26.9. The van der Waals surface area contributed by atoms with Gasteiger partial charge in [0.15, 0.2) is 11.9 Å². The Balaban J connectivity index is 1.41. The molecule has 8 nitrogen and oxygen atoms in total. The fourth-order valence-corrected chi connectivity index (χ4v) is 5.03. The molecule has 0 unspecified atom stereocenters. The van der Waals surface area contributed by atoms with Crippen molar-refractivity contribution in [3.05, 3.63) is 59.9 Å². The number of fused-ring (bicyclic) bond motifs is 1. The van der Waals surface area contributed by atoms with Crippen LogP contribution in [0, 0.1) is 11.7 Å². The molecule has 2 aliphatic heterocycles. The van der Waals surface area contributed by atoms with Crippen molar-refractivity contribution in [2.24, 2.45) is 10.3 Å². The average molecular weight is 459 g/mol. The second kappa shape index (κ2) is 8.70. The van der Waals surface area contributed by atoms with Crippen LogP contribution in [0.25, 0.3) is 0 Å². The van der Waals surface area contributed by atoms with Crippen LogP contribution in [-0.2, 0) is 24.3 Å². The van der Waals surface area contributed by atoms with Gasteiger partial charge in [-0.2, -0.15) is 8.42 Å². The molecule has 2 heterocycles. The van der Waals surface area contributed by atoms with Gasteiger partial charge in [0.25, 0.3) is 15.9 Å². The molecule has 10 heteroatoms.